The highest BCUT2D eigenvalue weighted by Gasteiger charge is 2.45. The highest BCUT2D eigenvalue weighted by Crippen LogP contribution is 2.28. The van der Waals surface area contributed by atoms with Crippen LogP contribution in [-0.4, -0.2) is 59.6 Å². The van der Waals surface area contributed by atoms with Gasteiger partial charge in [-0.1, -0.05) is 19.9 Å². The SMILES string of the molecule is COc1cc(NC(C)CCCNC(=O)CN2C(=O)[C@H](C(C)C)NC2(C)C)c2ncccc2c1. The second-order valence-electron chi connectivity index (χ2n) is 9.64. The fourth-order valence-electron chi connectivity index (χ4n) is 4.26. The Bertz CT molecular complexity index is 991. The van der Waals surface area contributed by atoms with Gasteiger partial charge in [0.15, 0.2) is 0 Å². The minimum absolute atomic E-state index is 0.0119. The molecule has 1 saturated heterocycles. The fraction of sp³-hybridized carbons (Fsp3) is 0.560. The number of carbonyl (C=O) groups excluding carboxylic acids is 2. The number of hydrogen-bond acceptors (Lipinski definition) is 6. The molecule has 2 amide bonds. The molecule has 0 aliphatic carbocycles. The van der Waals surface area contributed by atoms with E-state index in [1.54, 1.807) is 18.2 Å². The van der Waals surface area contributed by atoms with E-state index in [1.165, 1.54) is 0 Å². The summed E-state index contributed by atoms with van der Waals surface area (Å²) in [4.78, 5) is 31.3. The van der Waals surface area contributed by atoms with Crippen LogP contribution in [0.5, 0.6) is 5.75 Å². The summed E-state index contributed by atoms with van der Waals surface area (Å²) in [6.07, 6.45) is 3.47. The normalized spacial score (nSPS) is 18.6. The number of carbonyl (C=O) groups is 2. The molecule has 1 aliphatic rings. The van der Waals surface area contributed by atoms with E-state index in [0.29, 0.717) is 6.54 Å². The number of fused-ring (bicyclic) bond motifs is 1. The molecule has 1 unspecified atom stereocenters. The number of hydrogen-bond donors (Lipinski definition) is 3. The van der Waals surface area contributed by atoms with Gasteiger partial charge in [-0.2, -0.15) is 0 Å². The topological polar surface area (TPSA) is 95.6 Å². The predicted molar refractivity (Wildman–Crippen MR) is 131 cm³/mol. The quantitative estimate of drug-likeness (QED) is 0.477. The first-order chi connectivity index (χ1) is 15.6. The van der Waals surface area contributed by atoms with E-state index in [9.17, 15) is 9.59 Å². The van der Waals surface area contributed by atoms with Crippen molar-refractivity contribution >= 4 is 28.4 Å². The van der Waals surface area contributed by atoms with Crippen molar-refractivity contribution in [2.45, 2.75) is 65.2 Å². The number of nitrogens with one attached hydrogen (secondary N) is 3. The van der Waals surface area contributed by atoms with Crippen molar-refractivity contribution in [2.24, 2.45) is 5.92 Å². The first-order valence-corrected chi connectivity index (χ1v) is 11.7. The molecule has 2 heterocycles. The van der Waals surface area contributed by atoms with E-state index in [0.717, 1.165) is 35.2 Å². The third-order valence-electron chi connectivity index (χ3n) is 6.14. The van der Waals surface area contributed by atoms with Crippen LogP contribution in [0.1, 0.15) is 47.5 Å². The molecule has 1 aromatic carbocycles. The molecule has 1 fully saturated rings. The molecular formula is C25H37N5O3. The number of pyridine rings is 1. The number of rotatable bonds is 10. The van der Waals surface area contributed by atoms with Gasteiger partial charge in [-0.05, 0) is 51.7 Å². The molecule has 180 valence electrons. The Kier molecular flexibility index (Phi) is 7.79. The summed E-state index contributed by atoms with van der Waals surface area (Å²) < 4.78 is 5.42. The van der Waals surface area contributed by atoms with Crippen LogP contribution in [0.25, 0.3) is 10.9 Å². The fourth-order valence-corrected chi connectivity index (χ4v) is 4.26. The van der Waals surface area contributed by atoms with E-state index in [1.807, 2.05) is 52.0 Å². The smallest absolute Gasteiger partial charge is 0.241 e. The van der Waals surface area contributed by atoms with Gasteiger partial charge >= 0.3 is 0 Å². The molecule has 8 heteroatoms. The number of anilines is 1. The van der Waals surface area contributed by atoms with Gasteiger partial charge in [0.05, 0.1) is 30.0 Å². The van der Waals surface area contributed by atoms with Gasteiger partial charge in [0.25, 0.3) is 0 Å². The number of amides is 2. The van der Waals surface area contributed by atoms with Gasteiger partial charge in [-0.25, -0.2) is 0 Å². The maximum Gasteiger partial charge on any atom is 0.241 e. The second kappa shape index (κ2) is 10.4. The molecule has 1 aliphatic heterocycles. The monoisotopic (exact) mass is 455 g/mol. The first kappa shape index (κ1) is 24.8. The number of methoxy groups -OCH3 is 1. The Morgan fingerprint density at radius 3 is 2.73 bits per heavy atom. The van der Waals surface area contributed by atoms with Crippen LogP contribution in [0, 0.1) is 5.92 Å². The molecule has 0 radical (unpaired) electrons. The lowest BCUT2D eigenvalue weighted by Gasteiger charge is -2.30. The molecule has 2 atom stereocenters. The standard InChI is InChI=1S/C25H37N5O3/c1-16(2)22-24(32)30(25(4,5)29-22)15-21(31)26-11-7-9-17(3)28-20-14-19(33-6)13-18-10-8-12-27-23(18)20/h8,10,12-14,16-17,22,28-29H,7,9,11,15H2,1-6H3,(H,26,31)/t17?,22-/m0/s1. The molecule has 0 saturated carbocycles. The molecule has 1 aromatic heterocycles. The zero-order chi connectivity index (χ0) is 24.2. The van der Waals surface area contributed by atoms with Crippen molar-refractivity contribution in [2.75, 3.05) is 25.5 Å². The zero-order valence-corrected chi connectivity index (χ0v) is 20.6. The minimum Gasteiger partial charge on any atom is -0.497 e. The van der Waals surface area contributed by atoms with Crippen molar-refractivity contribution in [1.82, 2.24) is 20.5 Å². The molecule has 33 heavy (non-hydrogen) atoms. The second-order valence-corrected chi connectivity index (χ2v) is 9.64. The number of ether oxygens (including phenoxy) is 1. The van der Waals surface area contributed by atoms with E-state index in [2.05, 4.69) is 27.9 Å². The average Bonchev–Trinajstić information content (AvgIpc) is 3.00. The molecule has 8 nitrogen and oxygen atoms in total. The van der Waals surface area contributed by atoms with Gasteiger partial charge in [0.1, 0.15) is 12.3 Å². The van der Waals surface area contributed by atoms with Crippen molar-refractivity contribution in [3.63, 3.8) is 0 Å². The summed E-state index contributed by atoms with van der Waals surface area (Å²) in [7, 11) is 1.66. The van der Waals surface area contributed by atoms with Gasteiger partial charge in [0.2, 0.25) is 11.8 Å². The Balaban J connectivity index is 1.47. The summed E-state index contributed by atoms with van der Waals surface area (Å²) in [6.45, 7) is 10.6. The van der Waals surface area contributed by atoms with Gasteiger partial charge < -0.3 is 20.3 Å². The average molecular weight is 456 g/mol. The number of aromatic nitrogens is 1. The molecule has 3 rings (SSSR count). The van der Waals surface area contributed by atoms with Crippen LogP contribution in [0.4, 0.5) is 5.69 Å². The Morgan fingerprint density at radius 2 is 2.06 bits per heavy atom. The largest absolute Gasteiger partial charge is 0.497 e. The maximum absolute atomic E-state index is 12.7. The number of nitrogens with zero attached hydrogens (tertiary/aromatic N) is 2. The van der Waals surface area contributed by atoms with Gasteiger partial charge in [-0.3, -0.25) is 19.9 Å². The van der Waals surface area contributed by atoms with E-state index < -0.39 is 5.66 Å². The van der Waals surface area contributed by atoms with Crippen molar-refractivity contribution < 1.29 is 14.3 Å². The van der Waals surface area contributed by atoms with Crippen LogP contribution < -0.4 is 20.7 Å². The van der Waals surface area contributed by atoms with Crippen LogP contribution in [0.3, 0.4) is 0 Å². The molecule has 0 spiro atoms. The summed E-state index contributed by atoms with van der Waals surface area (Å²) in [5, 5.41) is 10.8. The zero-order valence-electron chi connectivity index (χ0n) is 20.6. The van der Waals surface area contributed by atoms with Gasteiger partial charge in [0, 0.05) is 30.2 Å². The van der Waals surface area contributed by atoms with E-state index in [4.69, 9.17) is 4.74 Å². The highest BCUT2D eigenvalue weighted by atomic mass is 16.5. The lowest BCUT2D eigenvalue weighted by Crippen LogP contribution is -2.51. The highest BCUT2D eigenvalue weighted by molar-refractivity contribution is 5.92. The third kappa shape index (κ3) is 5.93. The summed E-state index contributed by atoms with van der Waals surface area (Å²) in [5.74, 6) is 0.815. The maximum atomic E-state index is 12.7. The molecule has 3 N–H and O–H groups in total. The Labute approximate surface area is 196 Å². The molecule has 0 bridgehead atoms. The molecule has 2 aromatic rings. The summed E-state index contributed by atoms with van der Waals surface area (Å²) in [5.41, 5.74) is 1.31. The van der Waals surface area contributed by atoms with E-state index in [-0.39, 0.29) is 36.4 Å². The summed E-state index contributed by atoms with van der Waals surface area (Å²) >= 11 is 0. The van der Waals surface area contributed by atoms with Crippen molar-refractivity contribution in [1.29, 1.82) is 0 Å². The van der Waals surface area contributed by atoms with Crippen LogP contribution in [0.15, 0.2) is 30.5 Å². The van der Waals surface area contributed by atoms with E-state index >= 15 is 0 Å². The van der Waals surface area contributed by atoms with Gasteiger partial charge in [-0.15, -0.1) is 0 Å². The third-order valence-corrected chi connectivity index (χ3v) is 6.14. The van der Waals surface area contributed by atoms with Crippen LogP contribution in [0.2, 0.25) is 0 Å². The molecular weight excluding hydrogens is 418 g/mol. The lowest BCUT2D eigenvalue weighted by molar-refractivity contribution is -0.137. The lowest BCUT2D eigenvalue weighted by atomic mass is 10.1. The Morgan fingerprint density at radius 1 is 1.30 bits per heavy atom. The predicted octanol–water partition coefficient (Wildman–Crippen LogP) is 3.13. The number of benzene rings is 1. The summed E-state index contributed by atoms with van der Waals surface area (Å²) in [6, 6.07) is 7.80. The van der Waals surface area contributed by atoms with Crippen molar-refractivity contribution in [3.05, 3.63) is 30.5 Å². The minimum atomic E-state index is -0.532. The Hall–Kier alpha value is -2.87. The van der Waals surface area contributed by atoms with Crippen LogP contribution in [-0.2, 0) is 9.59 Å². The van der Waals surface area contributed by atoms with Crippen LogP contribution >= 0.6 is 0 Å². The van der Waals surface area contributed by atoms with Crippen molar-refractivity contribution in [3.8, 4) is 5.75 Å². The first-order valence-electron chi connectivity index (χ1n) is 11.7.